The summed E-state index contributed by atoms with van der Waals surface area (Å²) < 4.78 is 14.1. The molecule has 2 rings (SSSR count). The lowest BCUT2D eigenvalue weighted by molar-refractivity contribution is 0.163. The van der Waals surface area contributed by atoms with E-state index in [-0.39, 0.29) is 0 Å². The maximum absolute atomic E-state index is 14.1. The van der Waals surface area contributed by atoms with Gasteiger partial charge in [-0.2, -0.15) is 5.26 Å². The summed E-state index contributed by atoms with van der Waals surface area (Å²) in [6, 6.07) is 2.00. The van der Waals surface area contributed by atoms with E-state index in [1.54, 1.807) is 0 Å². The van der Waals surface area contributed by atoms with Crippen molar-refractivity contribution in [3.8, 4) is 6.07 Å². The molecule has 0 amide bonds. The predicted molar refractivity (Wildman–Crippen MR) is 54.8 cm³/mol. The fourth-order valence-electron chi connectivity index (χ4n) is 2.04. The Morgan fingerprint density at radius 2 is 2.36 bits per heavy atom. The second-order valence-electron chi connectivity index (χ2n) is 3.80. The highest BCUT2D eigenvalue weighted by atomic mass is 32.1. The molecule has 0 bridgehead atoms. The van der Waals surface area contributed by atoms with Gasteiger partial charge in [0.2, 0.25) is 0 Å². The number of hydrogen-bond donors (Lipinski definition) is 1. The van der Waals surface area contributed by atoms with Gasteiger partial charge in [0.15, 0.2) is 0 Å². The third-order valence-electron chi connectivity index (χ3n) is 2.69. The number of aryl methyl sites for hydroxylation is 1. The van der Waals surface area contributed by atoms with Crippen LogP contribution in [0.25, 0.3) is 0 Å². The first-order valence-corrected chi connectivity index (χ1v) is 5.38. The molecule has 2 nitrogen and oxygen atoms in total. The molecule has 1 aromatic rings. The Bertz CT molecular complexity index is 414. The molecule has 0 fully saturated rings. The molecule has 1 heterocycles. The first kappa shape index (κ1) is 9.47. The Kier molecular flexibility index (Phi) is 2.00. The van der Waals surface area contributed by atoms with Crippen LogP contribution in [0.5, 0.6) is 0 Å². The fraction of sp³-hybridized carbons (Fsp3) is 0.500. The van der Waals surface area contributed by atoms with Gasteiger partial charge >= 0.3 is 0 Å². The van der Waals surface area contributed by atoms with Crippen molar-refractivity contribution >= 4 is 16.3 Å². The quantitative estimate of drug-likeness (QED) is 0.715. The number of thiophene rings is 1. The summed E-state index contributed by atoms with van der Waals surface area (Å²) in [5, 5.41) is 9.37. The molecule has 1 aliphatic rings. The van der Waals surface area contributed by atoms with Crippen molar-refractivity contribution in [3.63, 3.8) is 0 Å². The van der Waals surface area contributed by atoms with Crippen molar-refractivity contribution in [2.45, 2.75) is 31.9 Å². The molecule has 4 heteroatoms. The van der Waals surface area contributed by atoms with Crippen LogP contribution in [0.3, 0.4) is 0 Å². The monoisotopic (exact) mass is 210 g/mol. The van der Waals surface area contributed by atoms with E-state index in [1.165, 1.54) is 18.3 Å². The van der Waals surface area contributed by atoms with Gasteiger partial charge in [0.1, 0.15) is 16.7 Å². The summed E-state index contributed by atoms with van der Waals surface area (Å²) in [6.45, 7) is 1.54. The number of anilines is 1. The average Bonchev–Trinajstić information content (AvgIpc) is 2.41. The zero-order chi connectivity index (χ0) is 10.3. The molecule has 0 aliphatic heterocycles. The second-order valence-corrected chi connectivity index (χ2v) is 4.94. The van der Waals surface area contributed by atoms with E-state index in [0.717, 1.165) is 17.7 Å². The normalized spacial score (nSPS) is 25.5. The Labute approximate surface area is 86.2 Å². The lowest BCUT2D eigenvalue weighted by Crippen LogP contribution is -2.21. The third-order valence-corrected chi connectivity index (χ3v) is 3.77. The summed E-state index contributed by atoms with van der Waals surface area (Å²) >= 11 is 1.36. The molecule has 1 aliphatic carbocycles. The minimum absolute atomic E-state index is 0.356. The van der Waals surface area contributed by atoms with Gasteiger partial charge < -0.3 is 5.73 Å². The van der Waals surface area contributed by atoms with E-state index in [1.807, 2.05) is 6.07 Å². The highest BCUT2D eigenvalue weighted by Crippen LogP contribution is 2.45. The first-order chi connectivity index (χ1) is 6.56. The Hall–Kier alpha value is -1.08. The van der Waals surface area contributed by atoms with Crippen LogP contribution in [0.4, 0.5) is 9.39 Å². The molecule has 1 aromatic heterocycles. The highest BCUT2D eigenvalue weighted by Gasteiger charge is 2.36. The molecule has 0 aromatic carbocycles. The smallest absolute Gasteiger partial charge is 0.135 e. The largest absolute Gasteiger partial charge is 0.389 e. The number of rotatable bonds is 0. The van der Waals surface area contributed by atoms with Gasteiger partial charge in [-0.15, -0.1) is 11.3 Å². The molecule has 0 radical (unpaired) electrons. The summed E-state index contributed by atoms with van der Waals surface area (Å²) in [5.41, 5.74) is 5.22. The van der Waals surface area contributed by atoms with Crippen LogP contribution < -0.4 is 5.73 Å². The maximum atomic E-state index is 14.1. The number of nitrogens with two attached hydrogens (primary N) is 1. The number of nitrogens with zero attached hydrogens (tertiary/aromatic N) is 1. The SMILES string of the molecule is CC1(F)CCCc2sc(N)c(C#N)c21. The van der Waals surface area contributed by atoms with Crippen molar-refractivity contribution in [3.05, 3.63) is 16.0 Å². The van der Waals surface area contributed by atoms with Crippen LogP contribution in [0, 0.1) is 11.3 Å². The zero-order valence-electron chi connectivity index (χ0n) is 7.93. The van der Waals surface area contributed by atoms with Gasteiger partial charge in [-0.25, -0.2) is 4.39 Å². The van der Waals surface area contributed by atoms with E-state index in [2.05, 4.69) is 0 Å². The zero-order valence-corrected chi connectivity index (χ0v) is 8.75. The van der Waals surface area contributed by atoms with Gasteiger partial charge in [0, 0.05) is 10.4 Å². The van der Waals surface area contributed by atoms with Gasteiger partial charge in [0.05, 0.1) is 5.56 Å². The summed E-state index contributed by atoms with van der Waals surface area (Å²) in [7, 11) is 0. The van der Waals surface area contributed by atoms with Gasteiger partial charge in [0.25, 0.3) is 0 Å². The summed E-state index contributed by atoms with van der Waals surface area (Å²) in [5.74, 6) is 0. The average molecular weight is 210 g/mol. The molecule has 0 spiro atoms. The van der Waals surface area contributed by atoms with Crippen LogP contribution >= 0.6 is 11.3 Å². The lowest BCUT2D eigenvalue weighted by Gasteiger charge is -2.26. The Morgan fingerprint density at radius 3 is 3.00 bits per heavy atom. The number of nitriles is 1. The topological polar surface area (TPSA) is 49.8 Å². The minimum atomic E-state index is -1.37. The molecule has 2 N–H and O–H groups in total. The van der Waals surface area contributed by atoms with Crippen LogP contribution in [-0.2, 0) is 12.1 Å². The molecule has 1 unspecified atom stereocenters. The molecular formula is C10H11FN2S. The molecule has 0 saturated carbocycles. The molecule has 14 heavy (non-hydrogen) atoms. The molecular weight excluding hydrogens is 199 g/mol. The van der Waals surface area contributed by atoms with Crippen LogP contribution in [0.1, 0.15) is 35.8 Å². The number of fused-ring (bicyclic) bond motifs is 1. The van der Waals surface area contributed by atoms with Crippen molar-refractivity contribution in [1.29, 1.82) is 5.26 Å². The third kappa shape index (κ3) is 1.20. The fourth-order valence-corrected chi connectivity index (χ4v) is 3.22. The van der Waals surface area contributed by atoms with Crippen molar-refractivity contribution < 1.29 is 4.39 Å². The van der Waals surface area contributed by atoms with Crippen molar-refractivity contribution in [1.82, 2.24) is 0 Å². The molecule has 1 atom stereocenters. The maximum Gasteiger partial charge on any atom is 0.135 e. The second kappa shape index (κ2) is 2.96. The minimum Gasteiger partial charge on any atom is -0.389 e. The lowest BCUT2D eigenvalue weighted by atomic mass is 9.84. The van der Waals surface area contributed by atoms with Gasteiger partial charge in [-0.1, -0.05) is 0 Å². The molecule has 0 saturated heterocycles. The van der Waals surface area contributed by atoms with E-state index in [0.29, 0.717) is 22.5 Å². The number of halogens is 1. The highest BCUT2D eigenvalue weighted by molar-refractivity contribution is 7.16. The van der Waals surface area contributed by atoms with Crippen molar-refractivity contribution in [2.75, 3.05) is 5.73 Å². The number of nitrogen functional groups attached to an aromatic ring is 1. The number of alkyl halides is 1. The van der Waals surface area contributed by atoms with E-state index < -0.39 is 5.67 Å². The first-order valence-electron chi connectivity index (χ1n) is 4.57. The van der Waals surface area contributed by atoms with Gasteiger partial charge in [-0.3, -0.25) is 0 Å². The number of hydrogen-bond acceptors (Lipinski definition) is 3. The van der Waals surface area contributed by atoms with Gasteiger partial charge in [-0.05, 0) is 26.2 Å². The predicted octanol–water partition coefficient (Wildman–Crippen LogP) is 2.72. The summed E-state index contributed by atoms with van der Waals surface area (Å²) in [6.07, 6.45) is 2.18. The van der Waals surface area contributed by atoms with Crippen LogP contribution in [0.2, 0.25) is 0 Å². The summed E-state index contributed by atoms with van der Waals surface area (Å²) in [4.78, 5) is 0.954. The molecule has 74 valence electrons. The van der Waals surface area contributed by atoms with E-state index in [9.17, 15) is 4.39 Å². The van der Waals surface area contributed by atoms with Crippen LogP contribution in [0.15, 0.2) is 0 Å². The van der Waals surface area contributed by atoms with Crippen LogP contribution in [-0.4, -0.2) is 0 Å². The Balaban J connectivity index is 2.67. The van der Waals surface area contributed by atoms with E-state index >= 15 is 0 Å². The van der Waals surface area contributed by atoms with Crippen molar-refractivity contribution in [2.24, 2.45) is 0 Å². The Morgan fingerprint density at radius 1 is 1.64 bits per heavy atom. The standard InChI is InChI=1S/C10H11FN2S/c1-10(11)4-2-3-7-8(10)6(5-12)9(13)14-7/h2-4,13H2,1H3. The van der Waals surface area contributed by atoms with E-state index in [4.69, 9.17) is 11.0 Å².